The molecule has 0 amide bonds. The monoisotopic (exact) mass is 378 g/mol. The lowest BCUT2D eigenvalue weighted by Crippen LogP contribution is -2.36. The number of nitrogens with one attached hydrogen (secondary N) is 1. The van der Waals surface area contributed by atoms with E-state index in [4.69, 9.17) is 0 Å². The summed E-state index contributed by atoms with van der Waals surface area (Å²) < 4.78 is 28.2. The van der Waals surface area contributed by atoms with Gasteiger partial charge in [-0.15, -0.1) is 0 Å². The molecule has 0 saturated carbocycles. The van der Waals surface area contributed by atoms with E-state index in [1.54, 1.807) is 23.5 Å². The maximum absolute atomic E-state index is 12.7. The molecule has 0 radical (unpaired) electrons. The summed E-state index contributed by atoms with van der Waals surface area (Å²) in [4.78, 5) is 2.73. The first-order chi connectivity index (χ1) is 12.1. The lowest BCUT2D eigenvalue weighted by Gasteiger charge is -2.27. The van der Waals surface area contributed by atoms with Crippen molar-refractivity contribution >= 4 is 21.4 Å². The Morgan fingerprint density at radius 2 is 1.88 bits per heavy atom. The average Bonchev–Trinajstić information content (AvgIpc) is 3.30. The van der Waals surface area contributed by atoms with Crippen LogP contribution in [0.15, 0.2) is 46.0 Å². The molecule has 1 N–H and O–H groups in total. The molecule has 1 aromatic carbocycles. The van der Waals surface area contributed by atoms with Gasteiger partial charge in [0.15, 0.2) is 0 Å². The van der Waals surface area contributed by atoms with E-state index in [0.29, 0.717) is 11.4 Å². The Balaban J connectivity index is 1.70. The normalized spacial score (nSPS) is 17.0. The molecule has 6 heteroatoms. The zero-order valence-electron chi connectivity index (χ0n) is 14.6. The molecule has 1 aliphatic rings. The summed E-state index contributed by atoms with van der Waals surface area (Å²) in [7, 11) is -3.48. The third-order valence-electron chi connectivity index (χ3n) is 4.75. The van der Waals surface area contributed by atoms with Gasteiger partial charge in [-0.2, -0.15) is 11.3 Å². The van der Waals surface area contributed by atoms with Crippen molar-refractivity contribution < 1.29 is 8.42 Å². The second kappa shape index (κ2) is 8.45. The number of likely N-dealkylation sites (tertiary alicyclic amines) is 1. The molecule has 4 nitrogen and oxygen atoms in total. The number of nitrogens with zero attached hydrogens (tertiary/aromatic N) is 1. The van der Waals surface area contributed by atoms with Gasteiger partial charge in [-0.25, -0.2) is 13.1 Å². The molecule has 3 rings (SSSR count). The Labute approximate surface area is 154 Å². The van der Waals surface area contributed by atoms with Gasteiger partial charge in [0, 0.05) is 12.6 Å². The van der Waals surface area contributed by atoms with Gasteiger partial charge in [0.1, 0.15) is 0 Å². The van der Waals surface area contributed by atoms with Crippen LogP contribution in [-0.2, 0) is 16.4 Å². The van der Waals surface area contributed by atoms with Crippen molar-refractivity contribution in [2.75, 3.05) is 19.6 Å². The maximum atomic E-state index is 12.7. The van der Waals surface area contributed by atoms with Gasteiger partial charge >= 0.3 is 0 Å². The Morgan fingerprint density at radius 1 is 1.16 bits per heavy atom. The molecule has 25 heavy (non-hydrogen) atoms. The predicted molar refractivity (Wildman–Crippen MR) is 103 cm³/mol. The number of aryl methyl sites for hydroxylation is 1. The Morgan fingerprint density at radius 3 is 2.48 bits per heavy atom. The van der Waals surface area contributed by atoms with Crippen LogP contribution in [0.5, 0.6) is 0 Å². The molecule has 1 saturated heterocycles. The second-order valence-electron chi connectivity index (χ2n) is 6.56. The summed E-state index contributed by atoms with van der Waals surface area (Å²) in [5.74, 6) is 0. The minimum atomic E-state index is -3.48. The first-order valence-corrected chi connectivity index (χ1v) is 11.4. The Kier molecular flexibility index (Phi) is 6.28. The number of thiophene rings is 1. The SMILES string of the molecule is CCCc1ccc(S(=O)(=O)NCC(c2ccsc2)N2CCCC2)cc1. The average molecular weight is 379 g/mol. The van der Waals surface area contributed by atoms with Crippen LogP contribution in [0.4, 0.5) is 0 Å². The van der Waals surface area contributed by atoms with Crippen LogP contribution in [0.25, 0.3) is 0 Å². The Hall–Kier alpha value is -1.21. The van der Waals surface area contributed by atoms with E-state index in [-0.39, 0.29) is 6.04 Å². The minimum Gasteiger partial charge on any atom is -0.295 e. The molecule has 1 atom stereocenters. The number of rotatable bonds is 8. The molecule has 0 spiro atoms. The zero-order valence-corrected chi connectivity index (χ0v) is 16.3. The maximum Gasteiger partial charge on any atom is 0.240 e. The van der Waals surface area contributed by atoms with Crippen molar-refractivity contribution in [3.63, 3.8) is 0 Å². The fraction of sp³-hybridized carbons (Fsp3) is 0.474. The van der Waals surface area contributed by atoms with Crippen molar-refractivity contribution in [1.82, 2.24) is 9.62 Å². The molecule has 1 aromatic heterocycles. The van der Waals surface area contributed by atoms with Crippen molar-refractivity contribution in [1.29, 1.82) is 0 Å². The first kappa shape index (κ1) is 18.6. The van der Waals surface area contributed by atoms with Crippen molar-refractivity contribution in [3.8, 4) is 0 Å². The highest BCUT2D eigenvalue weighted by Gasteiger charge is 2.25. The molecule has 0 aliphatic carbocycles. The quantitative estimate of drug-likeness (QED) is 0.760. The molecule has 1 aliphatic heterocycles. The molecule has 0 bridgehead atoms. The summed E-state index contributed by atoms with van der Waals surface area (Å²) in [6.07, 6.45) is 4.41. The van der Waals surface area contributed by atoms with Gasteiger partial charge < -0.3 is 0 Å². The lowest BCUT2D eigenvalue weighted by molar-refractivity contribution is 0.247. The van der Waals surface area contributed by atoms with Crippen molar-refractivity contribution in [2.24, 2.45) is 0 Å². The van der Waals surface area contributed by atoms with E-state index >= 15 is 0 Å². The highest BCUT2D eigenvalue weighted by atomic mass is 32.2. The first-order valence-electron chi connectivity index (χ1n) is 8.95. The Bertz CT molecular complexity index is 749. The fourth-order valence-electron chi connectivity index (χ4n) is 3.37. The van der Waals surface area contributed by atoms with Crippen LogP contribution < -0.4 is 4.72 Å². The number of sulfonamides is 1. The molecule has 2 heterocycles. The van der Waals surface area contributed by atoms with E-state index in [9.17, 15) is 8.42 Å². The van der Waals surface area contributed by atoms with Crippen LogP contribution in [0.2, 0.25) is 0 Å². The van der Waals surface area contributed by atoms with E-state index in [2.05, 4.69) is 33.4 Å². The topological polar surface area (TPSA) is 49.4 Å². The second-order valence-corrected chi connectivity index (χ2v) is 9.11. The van der Waals surface area contributed by atoms with Gasteiger partial charge in [-0.3, -0.25) is 4.90 Å². The van der Waals surface area contributed by atoms with E-state index in [1.807, 2.05) is 12.1 Å². The van der Waals surface area contributed by atoms with Crippen LogP contribution in [0, 0.1) is 0 Å². The third-order valence-corrected chi connectivity index (χ3v) is 6.89. The van der Waals surface area contributed by atoms with Gasteiger partial charge in [0.05, 0.1) is 4.90 Å². The van der Waals surface area contributed by atoms with Crippen LogP contribution >= 0.6 is 11.3 Å². The van der Waals surface area contributed by atoms with Gasteiger partial charge in [0.25, 0.3) is 0 Å². The van der Waals surface area contributed by atoms with E-state index in [0.717, 1.165) is 25.9 Å². The van der Waals surface area contributed by atoms with Gasteiger partial charge in [0.2, 0.25) is 10.0 Å². The standard InChI is InChI=1S/C19H26N2O2S2/c1-2-5-16-6-8-18(9-7-16)25(22,23)20-14-19(17-10-13-24-15-17)21-11-3-4-12-21/h6-10,13,15,19-20H,2-5,11-12,14H2,1H3. The summed E-state index contributed by atoms with van der Waals surface area (Å²) in [6, 6.07) is 9.46. The number of benzene rings is 1. The zero-order chi connectivity index (χ0) is 17.7. The minimum absolute atomic E-state index is 0.114. The van der Waals surface area contributed by atoms with Gasteiger partial charge in [-0.1, -0.05) is 25.5 Å². The summed E-state index contributed by atoms with van der Waals surface area (Å²) >= 11 is 1.66. The molecule has 1 fully saturated rings. The van der Waals surface area contributed by atoms with Crippen LogP contribution in [0.3, 0.4) is 0 Å². The predicted octanol–water partition coefficient (Wildman–Crippen LogP) is 3.82. The summed E-state index contributed by atoms with van der Waals surface area (Å²) in [6.45, 7) is 4.60. The molecular weight excluding hydrogens is 352 g/mol. The molecule has 1 unspecified atom stereocenters. The highest BCUT2D eigenvalue weighted by molar-refractivity contribution is 7.89. The van der Waals surface area contributed by atoms with Crippen LogP contribution in [0.1, 0.15) is 43.4 Å². The molecule has 2 aromatic rings. The number of hydrogen-bond acceptors (Lipinski definition) is 4. The van der Waals surface area contributed by atoms with Crippen molar-refractivity contribution in [2.45, 2.75) is 43.5 Å². The summed E-state index contributed by atoms with van der Waals surface area (Å²) in [5, 5.41) is 4.18. The number of hydrogen-bond donors (Lipinski definition) is 1. The van der Waals surface area contributed by atoms with Gasteiger partial charge in [-0.05, 0) is 72.4 Å². The smallest absolute Gasteiger partial charge is 0.240 e. The van der Waals surface area contributed by atoms with Crippen molar-refractivity contribution in [3.05, 3.63) is 52.2 Å². The molecule has 136 valence electrons. The van der Waals surface area contributed by atoms with E-state index < -0.39 is 10.0 Å². The highest BCUT2D eigenvalue weighted by Crippen LogP contribution is 2.26. The third kappa shape index (κ3) is 4.70. The van der Waals surface area contributed by atoms with Crippen LogP contribution in [-0.4, -0.2) is 33.0 Å². The largest absolute Gasteiger partial charge is 0.295 e. The molecular formula is C19H26N2O2S2. The van der Waals surface area contributed by atoms with E-state index in [1.165, 1.54) is 24.0 Å². The lowest BCUT2D eigenvalue weighted by atomic mass is 10.1. The summed E-state index contributed by atoms with van der Waals surface area (Å²) in [5.41, 5.74) is 2.38. The fourth-order valence-corrected chi connectivity index (χ4v) is 5.12.